The van der Waals surface area contributed by atoms with Crippen LogP contribution in [0.15, 0.2) is 65.5 Å². The first-order chi connectivity index (χ1) is 20.2. The molecule has 3 aromatic heterocycles. The summed E-state index contributed by atoms with van der Waals surface area (Å²) < 4.78 is 12.0. The Morgan fingerprint density at radius 2 is 2.02 bits per heavy atom. The first kappa shape index (κ1) is 29.7. The number of nitrogens with zero attached hydrogens (tertiary/aromatic N) is 4. The van der Waals surface area contributed by atoms with Gasteiger partial charge in [0.1, 0.15) is 31.2 Å². The van der Waals surface area contributed by atoms with Gasteiger partial charge in [0.2, 0.25) is 11.8 Å². The zero-order chi connectivity index (χ0) is 29.7. The zero-order valence-electron chi connectivity index (χ0n) is 24.8. The number of unbranched alkanes of at least 4 members (excludes halogenated alkanes) is 1. The van der Waals surface area contributed by atoms with Gasteiger partial charge in [0.15, 0.2) is 5.60 Å². The molecule has 3 heterocycles. The number of ether oxygens (including phenoxy) is 1. The Morgan fingerprint density at radius 3 is 2.74 bits per heavy atom. The maximum absolute atomic E-state index is 12.8. The normalized spacial score (nSPS) is 21.0. The van der Waals surface area contributed by atoms with Crippen LogP contribution in [0.5, 0.6) is 5.88 Å². The maximum atomic E-state index is 12.8. The highest BCUT2D eigenvalue weighted by molar-refractivity contribution is 5.87. The Morgan fingerprint density at radius 1 is 1.19 bits per heavy atom. The van der Waals surface area contributed by atoms with Crippen molar-refractivity contribution in [2.24, 2.45) is 11.7 Å². The molecule has 1 saturated carbocycles. The van der Waals surface area contributed by atoms with E-state index in [-0.39, 0.29) is 12.0 Å². The minimum atomic E-state index is -1.62. The largest absolute Gasteiger partial charge is 0.471 e. The van der Waals surface area contributed by atoms with Crippen molar-refractivity contribution in [3.8, 4) is 17.5 Å². The first-order valence-corrected chi connectivity index (χ1v) is 14.9. The van der Waals surface area contributed by atoms with E-state index >= 15 is 0 Å². The lowest BCUT2D eigenvalue weighted by Crippen LogP contribution is -2.68. The van der Waals surface area contributed by atoms with E-state index in [0.717, 1.165) is 47.7 Å². The van der Waals surface area contributed by atoms with Crippen LogP contribution in [0.3, 0.4) is 0 Å². The lowest BCUT2D eigenvalue weighted by atomic mass is 9.71. The van der Waals surface area contributed by atoms with Crippen LogP contribution in [0.2, 0.25) is 0 Å². The van der Waals surface area contributed by atoms with E-state index in [9.17, 15) is 9.90 Å². The molecule has 1 unspecified atom stereocenters. The average molecular weight is 573 g/mol. The molecule has 3 atom stereocenters. The van der Waals surface area contributed by atoms with E-state index < -0.39 is 11.5 Å². The number of aromatic nitrogens is 3. The molecule has 222 valence electrons. The van der Waals surface area contributed by atoms with Crippen molar-refractivity contribution < 1.29 is 23.5 Å². The van der Waals surface area contributed by atoms with E-state index in [1.54, 1.807) is 12.4 Å². The summed E-state index contributed by atoms with van der Waals surface area (Å²) in [5.41, 5.74) is 6.99. The van der Waals surface area contributed by atoms with Gasteiger partial charge in [0.25, 0.3) is 5.91 Å². The van der Waals surface area contributed by atoms with E-state index in [0.29, 0.717) is 54.4 Å². The van der Waals surface area contributed by atoms with Crippen molar-refractivity contribution in [3.05, 3.63) is 72.4 Å². The second-order valence-corrected chi connectivity index (χ2v) is 12.1. The number of nitrogens with two attached hydrogens (primary N) is 1. The Hall–Kier alpha value is -3.82. The SMILES string of the molecule is CCCCc1cc2ccccc2c(OCC[N+](C)(C)[C@H]2CCC(Cc3ccc(-c4ncco4)nc3)C[C@@]2(O)C(N)=O)n1. The highest BCUT2D eigenvalue weighted by Gasteiger charge is 2.54. The molecule has 0 radical (unpaired) electrons. The summed E-state index contributed by atoms with van der Waals surface area (Å²) in [5.74, 6) is 0.543. The molecule has 1 amide bonds. The smallest absolute Gasteiger partial charge is 0.255 e. The molecule has 1 fully saturated rings. The van der Waals surface area contributed by atoms with Gasteiger partial charge in [-0.15, -0.1) is 0 Å². The van der Waals surface area contributed by atoms with Gasteiger partial charge in [-0.25, -0.2) is 9.97 Å². The molecule has 42 heavy (non-hydrogen) atoms. The number of aliphatic hydroxyl groups is 1. The first-order valence-electron chi connectivity index (χ1n) is 14.9. The molecule has 9 nitrogen and oxygen atoms in total. The molecule has 1 aliphatic rings. The predicted octanol–water partition coefficient (Wildman–Crippen LogP) is 4.71. The number of fused-ring (bicyclic) bond motifs is 1. The highest BCUT2D eigenvalue weighted by atomic mass is 16.5. The van der Waals surface area contributed by atoms with Crippen molar-refractivity contribution in [1.29, 1.82) is 0 Å². The second-order valence-electron chi connectivity index (χ2n) is 12.1. The van der Waals surface area contributed by atoms with Gasteiger partial charge in [0, 0.05) is 23.7 Å². The van der Waals surface area contributed by atoms with E-state index in [4.69, 9.17) is 19.9 Å². The summed E-state index contributed by atoms with van der Waals surface area (Å²) in [6.45, 7) is 3.17. The lowest BCUT2D eigenvalue weighted by Gasteiger charge is -2.49. The van der Waals surface area contributed by atoms with Gasteiger partial charge in [-0.1, -0.05) is 37.6 Å². The molecule has 1 aliphatic carbocycles. The third-order valence-electron chi connectivity index (χ3n) is 8.72. The fraction of sp³-hybridized carbons (Fsp3) is 0.455. The van der Waals surface area contributed by atoms with Crippen LogP contribution < -0.4 is 10.5 Å². The summed E-state index contributed by atoms with van der Waals surface area (Å²) >= 11 is 0. The van der Waals surface area contributed by atoms with Crippen LogP contribution in [0.25, 0.3) is 22.4 Å². The number of hydrogen-bond acceptors (Lipinski definition) is 7. The van der Waals surface area contributed by atoms with Crippen LogP contribution in [0.1, 0.15) is 50.3 Å². The highest BCUT2D eigenvalue weighted by Crippen LogP contribution is 2.39. The average Bonchev–Trinajstić information content (AvgIpc) is 3.51. The van der Waals surface area contributed by atoms with E-state index in [1.165, 1.54) is 6.26 Å². The van der Waals surface area contributed by atoms with Crippen molar-refractivity contribution in [1.82, 2.24) is 15.0 Å². The number of hydrogen-bond donors (Lipinski definition) is 2. The number of likely N-dealkylation sites (N-methyl/N-ethyl adjacent to an activating group) is 1. The molecule has 9 heteroatoms. The Bertz CT molecular complexity index is 1490. The molecular formula is C33H42N5O4+. The molecule has 4 aromatic rings. The van der Waals surface area contributed by atoms with Crippen LogP contribution in [0, 0.1) is 5.92 Å². The van der Waals surface area contributed by atoms with Gasteiger partial charge in [0.05, 0.1) is 20.3 Å². The Labute approximate surface area is 247 Å². The molecular weight excluding hydrogens is 530 g/mol. The van der Waals surface area contributed by atoms with E-state index in [2.05, 4.69) is 29.0 Å². The van der Waals surface area contributed by atoms with E-state index in [1.807, 2.05) is 44.4 Å². The number of aryl methyl sites for hydroxylation is 1. The number of primary amides is 1. The van der Waals surface area contributed by atoms with Crippen LogP contribution in [-0.2, 0) is 17.6 Å². The summed E-state index contributed by atoms with van der Waals surface area (Å²) in [6.07, 6.45) is 10.6. The molecule has 5 rings (SSSR count). The minimum absolute atomic E-state index is 0.103. The molecule has 0 aliphatic heterocycles. The summed E-state index contributed by atoms with van der Waals surface area (Å²) in [5, 5.41) is 13.9. The molecule has 1 aromatic carbocycles. The molecule has 0 bridgehead atoms. The van der Waals surface area contributed by atoms with Gasteiger partial charge in [-0.2, -0.15) is 0 Å². The quantitative estimate of drug-likeness (QED) is 0.236. The zero-order valence-corrected chi connectivity index (χ0v) is 24.8. The van der Waals surface area contributed by atoms with Crippen LogP contribution in [-0.4, -0.2) is 69.3 Å². The monoisotopic (exact) mass is 572 g/mol. The predicted molar refractivity (Wildman–Crippen MR) is 162 cm³/mol. The summed E-state index contributed by atoms with van der Waals surface area (Å²) in [7, 11) is 4.08. The Balaban J connectivity index is 1.24. The number of benzene rings is 1. The Kier molecular flexibility index (Phi) is 8.89. The lowest BCUT2D eigenvalue weighted by molar-refractivity contribution is -0.922. The maximum Gasteiger partial charge on any atom is 0.255 e. The number of pyridine rings is 2. The fourth-order valence-electron chi connectivity index (χ4n) is 6.38. The van der Waals surface area contributed by atoms with Crippen molar-refractivity contribution in [2.45, 2.75) is 63.5 Å². The van der Waals surface area contributed by atoms with Gasteiger partial charge < -0.3 is 24.5 Å². The number of quaternary nitrogens is 1. The third kappa shape index (κ3) is 6.47. The van der Waals surface area contributed by atoms with Gasteiger partial charge >= 0.3 is 0 Å². The standard InChI is InChI=1S/C33H41N5O4/c1-4-5-9-26-20-25-8-6-7-10-27(25)30(37-26)42-18-16-38(2,3)29-14-12-23(21-33(29,40)32(34)39)19-24-11-13-28(36-22-24)31-35-15-17-41-31/h6-8,10-11,13,15,17,20,22-23,29,40H,4-5,9,12,14,16,18-19,21H2,1-3H3,(H-,34,39)/p+1/t23?,29-,33-/m0/s1. The minimum Gasteiger partial charge on any atom is -0.471 e. The van der Waals surface area contributed by atoms with Crippen molar-refractivity contribution >= 4 is 16.7 Å². The van der Waals surface area contributed by atoms with Crippen molar-refractivity contribution in [3.63, 3.8) is 0 Å². The van der Waals surface area contributed by atoms with Crippen LogP contribution in [0.4, 0.5) is 0 Å². The second kappa shape index (κ2) is 12.6. The van der Waals surface area contributed by atoms with Crippen molar-refractivity contribution in [2.75, 3.05) is 27.2 Å². The number of oxazole rings is 1. The summed E-state index contributed by atoms with van der Waals surface area (Å²) in [4.78, 5) is 26.2. The van der Waals surface area contributed by atoms with Crippen LogP contribution >= 0.6 is 0 Å². The fourth-order valence-corrected chi connectivity index (χ4v) is 6.38. The third-order valence-corrected chi connectivity index (χ3v) is 8.72. The summed E-state index contributed by atoms with van der Waals surface area (Å²) in [6, 6.07) is 13.8. The molecule has 3 N–H and O–H groups in total. The number of carbonyl (C=O) groups excluding carboxylic acids is 1. The van der Waals surface area contributed by atoms with Gasteiger partial charge in [-0.3, -0.25) is 9.78 Å². The number of amides is 1. The molecule has 0 saturated heterocycles. The molecule has 0 spiro atoms. The van der Waals surface area contributed by atoms with Gasteiger partial charge in [-0.05, 0) is 67.2 Å². The topological polar surface area (TPSA) is 124 Å². The number of rotatable bonds is 12. The number of carbonyl (C=O) groups is 1.